The summed E-state index contributed by atoms with van der Waals surface area (Å²) < 4.78 is 0. The van der Waals surface area contributed by atoms with Gasteiger partial charge < -0.3 is 14.9 Å². The van der Waals surface area contributed by atoms with Crippen molar-refractivity contribution in [3.8, 4) is 22.3 Å². The van der Waals surface area contributed by atoms with E-state index in [0.717, 1.165) is 35.5 Å². The molecule has 8 saturated carbocycles. The van der Waals surface area contributed by atoms with Crippen LogP contribution >= 0.6 is 24.8 Å². The minimum absolute atomic E-state index is 0. The van der Waals surface area contributed by atoms with Gasteiger partial charge >= 0.3 is 30.2 Å². The van der Waals surface area contributed by atoms with Gasteiger partial charge in [0.05, 0.1) is 0 Å². The molecule has 8 bridgehead atoms. The summed E-state index contributed by atoms with van der Waals surface area (Å²) in [6.45, 7) is 9.88. The Morgan fingerprint density at radius 1 is 0.557 bits per heavy atom. The Labute approximate surface area is 398 Å². The Hall–Kier alpha value is -2.22. The van der Waals surface area contributed by atoms with Gasteiger partial charge in [-0.1, -0.05) is 99.0 Å². The van der Waals surface area contributed by atoms with Crippen LogP contribution < -0.4 is 0 Å². The van der Waals surface area contributed by atoms with Crippen molar-refractivity contribution >= 4 is 53.2 Å². The molecule has 14 rings (SSSR count). The molecule has 8 aliphatic carbocycles. The summed E-state index contributed by atoms with van der Waals surface area (Å²) in [6.07, 6.45) is 19.1. The van der Waals surface area contributed by atoms with E-state index in [1.165, 1.54) is 162 Å². The monoisotopic (exact) mass is 940 g/mol. The van der Waals surface area contributed by atoms with Crippen LogP contribution in [-0.2, 0) is 34.2 Å². The summed E-state index contributed by atoms with van der Waals surface area (Å²) in [4.78, 5) is 0. The van der Waals surface area contributed by atoms with E-state index in [-0.39, 0.29) is 39.7 Å². The Morgan fingerprint density at radius 2 is 0.918 bits per heavy atom. The summed E-state index contributed by atoms with van der Waals surface area (Å²) in [7, 11) is 0. The van der Waals surface area contributed by atoms with Crippen LogP contribution in [-0.4, -0.2) is 6.88 Å². The fourth-order valence-electron chi connectivity index (χ4n) is 14.6. The van der Waals surface area contributed by atoms with E-state index >= 15 is 0 Å². The third kappa shape index (κ3) is 8.94. The van der Waals surface area contributed by atoms with Gasteiger partial charge in [0, 0.05) is 0 Å². The summed E-state index contributed by atoms with van der Waals surface area (Å²) >= 11 is 1.36. The Balaban J connectivity index is 0.000000185. The molecule has 0 amide bonds. The van der Waals surface area contributed by atoms with E-state index < -0.39 is 0 Å². The second kappa shape index (κ2) is 19.5. The van der Waals surface area contributed by atoms with Crippen LogP contribution in [0.3, 0.4) is 0 Å². The molecule has 8 fully saturated rings. The molecule has 0 aromatic heterocycles. The van der Waals surface area contributed by atoms with Crippen molar-refractivity contribution in [1.29, 1.82) is 0 Å². The van der Waals surface area contributed by atoms with Crippen molar-refractivity contribution in [2.45, 2.75) is 121 Å². The Kier molecular flexibility index (Phi) is 15.4. The predicted octanol–water partition coefficient (Wildman–Crippen LogP) is 16.6. The van der Waals surface area contributed by atoms with Crippen LogP contribution in [0.5, 0.6) is 0 Å². The van der Waals surface area contributed by atoms with Crippen molar-refractivity contribution in [2.24, 2.45) is 35.5 Å². The summed E-state index contributed by atoms with van der Waals surface area (Å²) in [5.41, 5.74) is 12.7. The molecule has 0 aliphatic heterocycles. The SMILES string of the molecule is CCC(C)c1cc2c(-c3ccc(C45CC6CC(CC(C6)C4)C5)cc3)cccc2[cH-]1.Cc1cc2c(-c3ccc(C45CC6CC(CC(C6)C4)C5)cc3)cccc2[cH-]1.Cl.Cl.[CH3-].[CH3-].[Si]=[Zr]. The molecule has 1 unspecified atom stereocenters. The second-order valence-electron chi connectivity index (χ2n) is 20.3. The van der Waals surface area contributed by atoms with E-state index in [0.29, 0.717) is 16.7 Å². The van der Waals surface area contributed by atoms with Gasteiger partial charge in [-0.15, -0.1) is 93.9 Å². The topological polar surface area (TPSA) is 0 Å². The zero-order valence-corrected chi connectivity index (χ0v) is 42.5. The summed E-state index contributed by atoms with van der Waals surface area (Å²) in [5.74, 6) is 6.72. The third-order valence-electron chi connectivity index (χ3n) is 16.5. The quantitative estimate of drug-likeness (QED) is 0.115. The third-order valence-corrected chi connectivity index (χ3v) is 16.5. The first-order valence-corrected chi connectivity index (χ1v) is 26.8. The van der Waals surface area contributed by atoms with Gasteiger partial charge in [0.25, 0.3) is 0 Å². The molecule has 0 N–H and O–H groups in total. The Bertz CT molecular complexity index is 2310. The number of aryl methyl sites for hydroxylation is 1. The van der Waals surface area contributed by atoms with Gasteiger partial charge in [-0.05, 0) is 152 Å². The van der Waals surface area contributed by atoms with Crippen LogP contribution in [0.25, 0.3) is 43.8 Å². The van der Waals surface area contributed by atoms with Crippen molar-refractivity contribution < 1.29 is 23.3 Å². The van der Waals surface area contributed by atoms with Crippen LogP contribution in [0, 0.1) is 57.3 Å². The number of fused-ring (bicyclic) bond motifs is 2. The fourth-order valence-corrected chi connectivity index (χ4v) is 14.6. The van der Waals surface area contributed by atoms with Crippen LogP contribution in [0.4, 0.5) is 0 Å². The molecule has 0 heterocycles. The van der Waals surface area contributed by atoms with E-state index in [9.17, 15) is 0 Å². The van der Waals surface area contributed by atoms with Crippen molar-refractivity contribution in [3.63, 3.8) is 0 Å². The van der Waals surface area contributed by atoms with Crippen LogP contribution in [0.2, 0.25) is 0 Å². The van der Waals surface area contributed by atoms with Crippen molar-refractivity contribution in [2.75, 3.05) is 0 Å². The maximum atomic E-state index is 3.06. The first-order valence-electron chi connectivity index (χ1n) is 22.6. The van der Waals surface area contributed by atoms with Gasteiger partial charge in [0.15, 0.2) is 0 Å². The summed E-state index contributed by atoms with van der Waals surface area (Å²) in [6, 6.07) is 42.5. The molecule has 0 nitrogen and oxygen atoms in total. The van der Waals surface area contributed by atoms with Gasteiger partial charge in [-0.3, -0.25) is 0 Å². The van der Waals surface area contributed by atoms with Crippen LogP contribution in [0.1, 0.15) is 125 Å². The summed E-state index contributed by atoms with van der Waals surface area (Å²) in [5, 5.41) is 5.58. The number of benzene rings is 4. The number of rotatable bonds is 6. The second-order valence-corrected chi connectivity index (χ2v) is 20.3. The number of hydrogen-bond acceptors (Lipinski definition) is 0. The van der Waals surface area contributed by atoms with Gasteiger partial charge in [-0.25, -0.2) is 0 Å². The minimum atomic E-state index is 0. The molecule has 0 spiro atoms. The van der Waals surface area contributed by atoms with Crippen molar-refractivity contribution in [1.82, 2.24) is 0 Å². The van der Waals surface area contributed by atoms with Crippen LogP contribution in [0.15, 0.2) is 109 Å². The molecule has 322 valence electrons. The van der Waals surface area contributed by atoms with E-state index in [4.69, 9.17) is 0 Å². The standard InChI is InChI=1S/C29H33.C26H27.2CH3.2ClH.Si.Zr/c1-3-19(2)25-14-24-5-4-6-27(28(24)15-25)23-7-9-26(10-8-23)29-16-20-11-21(17-29)13-22(12-20)18-29;1-17-9-22-3-2-4-24(25(22)10-17)21-5-7-23(8-6-21)26-14-18-11-19(15-26)13-20(12-18)16-26;;;;;;/h4-10,14-15,19-22H,3,11-13,16-18H2,1-2H3;2-10,18-20H,11-16H2,1H3;2*1H3;2*1H;;/q4*-1;;;;. The van der Waals surface area contributed by atoms with E-state index in [2.05, 4.69) is 137 Å². The first-order chi connectivity index (χ1) is 27.8. The molecule has 6 aromatic carbocycles. The van der Waals surface area contributed by atoms with Crippen molar-refractivity contribution in [3.05, 3.63) is 146 Å². The average Bonchev–Trinajstić information content (AvgIpc) is 3.84. The van der Waals surface area contributed by atoms with Gasteiger partial charge in [0.1, 0.15) is 0 Å². The molecule has 6 aromatic rings. The maximum absolute atomic E-state index is 3.06. The first kappa shape index (κ1) is 48.2. The number of hydrogen-bond donors (Lipinski definition) is 0. The molecule has 61 heavy (non-hydrogen) atoms. The number of halogens is 2. The fraction of sp³-hybridized carbons (Fsp3) is 0.439. The van der Waals surface area contributed by atoms with Gasteiger partial charge in [0.2, 0.25) is 0 Å². The Morgan fingerprint density at radius 3 is 1.30 bits per heavy atom. The van der Waals surface area contributed by atoms with Gasteiger partial charge in [-0.2, -0.15) is 12.1 Å². The predicted molar refractivity (Wildman–Crippen MR) is 266 cm³/mol. The molecule has 2 radical (unpaired) electrons. The molecule has 4 heteroatoms. The normalized spacial score (nSPS) is 28.8. The molecule has 1 atom stereocenters. The zero-order chi connectivity index (χ0) is 38.9. The molecule has 8 aliphatic rings. The zero-order valence-electron chi connectivity index (χ0n) is 37.4. The average molecular weight is 943 g/mol. The van der Waals surface area contributed by atoms with E-state index in [1.54, 1.807) is 11.1 Å². The molecule has 0 saturated heterocycles. The molecular formula is C57H68Cl2SiZr-4. The molecular weight excluding hydrogens is 875 g/mol. The van der Waals surface area contributed by atoms with E-state index in [1.807, 2.05) is 0 Å².